The molecule has 2 N–H and O–H groups in total. The summed E-state index contributed by atoms with van der Waals surface area (Å²) in [6.07, 6.45) is 3.75. The molecule has 1 saturated heterocycles. The number of hydrogen-bond acceptors (Lipinski definition) is 7. The Bertz CT molecular complexity index is 1300. The van der Waals surface area contributed by atoms with Gasteiger partial charge in [-0.05, 0) is 66.5 Å². The molecule has 0 spiro atoms. The molecule has 0 aliphatic carbocycles. The SMILES string of the molecule is COc1ncc(NC(=O)CC2NC(=S)N(c3ccc(F)c(CCc4ccc(N(C)C)cc4)c3)C2=O)cn1. The third kappa shape index (κ3) is 6.18. The predicted molar refractivity (Wildman–Crippen MR) is 143 cm³/mol. The van der Waals surface area contributed by atoms with Crippen molar-refractivity contribution >= 4 is 46.2 Å². The summed E-state index contributed by atoms with van der Waals surface area (Å²) >= 11 is 5.37. The smallest absolute Gasteiger partial charge is 0.316 e. The minimum Gasteiger partial charge on any atom is -0.467 e. The van der Waals surface area contributed by atoms with Crippen molar-refractivity contribution in [2.24, 2.45) is 0 Å². The minimum absolute atomic E-state index is 0.154. The quantitative estimate of drug-likeness (QED) is 0.414. The van der Waals surface area contributed by atoms with Gasteiger partial charge in [-0.3, -0.25) is 14.5 Å². The number of carbonyl (C=O) groups excluding carboxylic acids is 2. The van der Waals surface area contributed by atoms with Crippen LogP contribution in [0.1, 0.15) is 17.5 Å². The number of aryl methyl sites for hydroxylation is 2. The molecule has 1 atom stereocenters. The molecular formula is C26H27FN6O3S. The number of benzene rings is 2. The zero-order valence-electron chi connectivity index (χ0n) is 20.7. The fourth-order valence-electron chi connectivity index (χ4n) is 3.93. The summed E-state index contributed by atoms with van der Waals surface area (Å²) in [5.74, 6) is -1.15. The van der Waals surface area contributed by atoms with Crippen LogP contribution in [-0.4, -0.2) is 54.1 Å². The van der Waals surface area contributed by atoms with Crippen LogP contribution in [0, 0.1) is 5.82 Å². The second-order valence-electron chi connectivity index (χ2n) is 8.72. The number of carbonyl (C=O) groups is 2. The zero-order valence-corrected chi connectivity index (χ0v) is 21.5. The molecule has 37 heavy (non-hydrogen) atoms. The average Bonchev–Trinajstić information content (AvgIpc) is 3.16. The standard InChI is InChI=1S/C26H27FN6O3S/c1-32(2)19-8-5-16(6-9-19)4-7-17-12-20(10-11-21(17)27)33-24(35)22(31-26(33)37)13-23(34)30-18-14-28-25(36-3)29-15-18/h5-6,8-12,14-15,22H,4,7,13H2,1-3H3,(H,30,34)(H,31,37). The van der Waals surface area contributed by atoms with Crippen molar-refractivity contribution in [2.45, 2.75) is 25.3 Å². The first kappa shape index (κ1) is 26.0. The molecule has 4 rings (SSSR count). The van der Waals surface area contributed by atoms with Gasteiger partial charge in [-0.2, -0.15) is 0 Å². The van der Waals surface area contributed by atoms with Crippen molar-refractivity contribution in [1.82, 2.24) is 15.3 Å². The van der Waals surface area contributed by atoms with Gasteiger partial charge in [0.1, 0.15) is 11.9 Å². The van der Waals surface area contributed by atoms with E-state index in [0.717, 1.165) is 11.3 Å². The first-order chi connectivity index (χ1) is 17.7. The Kier molecular flexibility index (Phi) is 7.92. The van der Waals surface area contributed by atoms with Crippen LogP contribution < -0.4 is 25.2 Å². The Morgan fingerprint density at radius 2 is 1.86 bits per heavy atom. The third-order valence-corrected chi connectivity index (χ3v) is 6.23. The number of ether oxygens (including phenoxy) is 1. The van der Waals surface area contributed by atoms with E-state index in [1.165, 1.54) is 36.5 Å². The lowest BCUT2D eigenvalue weighted by Crippen LogP contribution is -2.34. The van der Waals surface area contributed by atoms with Crippen LogP contribution in [0.3, 0.4) is 0 Å². The van der Waals surface area contributed by atoms with Gasteiger partial charge in [0.15, 0.2) is 5.11 Å². The highest BCUT2D eigenvalue weighted by Gasteiger charge is 2.37. The molecule has 1 aliphatic heterocycles. The summed E-state index contributed by atoms with van der Waals surface area (Å²) < 4.78 is 19.5. The highest BCUT2D eigenvalue weighted by atomic mass is 32.1. The number of aromatic nitrogens is 2. The molecule has 1 unspecified atom stereocenters. The maximum Gasteiger partial charge on any atom is 0.316 e. The molecule has 9 nitrogen and oxygen atoms in total. The van der Waals surface area contributed by atoms with E-state index in [0.29, 0.717) is 29.8 Å². The Labute approximate surface area is 219 Å². The monoisotopic (exact) mass is 522 g/mol. The Hall–Kier alpha value is -4.12. The van der Waals surface area contributed by atoms with Crippen LogP contribution in [0.2, 0.25) is 0 Å². The molecule has 2 amide bonds. The Morgan fingerprint density at radius 1 is 1.16 bits per heavy atom. The number of anilines is 3. The van der Waals surface area contributed by atoms with Crippen LogP contribution in [0.4, 0.5) is 21.5 Å². The van der Waals surface area contributed by atoms with E-state index in [4.69, 9.17) is 17.0 Å². The molecule has 11 heteroatoms. The molecule has 3 aromatic rings. The van der Waals surface area contributed by atoms with Gasteiger partial charge in [-0.15, -0.1) is 0 Å². The molecular weight excluding hydrogens is 495 g/mol. The van der Waals surface area contributed by atoms with E-state index in [9.17, 15) is 14.0 Å². The minimum atomic E-state index is -0.851. The van der Waals surface area contributed by atoms with Crippen LogP contribution in [0.15, 0.2) is 54.9 Å². The molecule has 1 fully saturated rings. The highest BCUT2D eigenvalue weighted by molar-refractivity contribution is 7.80. The number of methoxy groups -OCH3 is 1. The van der Waals surface area contributed by atoms with Gasteiger partial charge >= 0.3 is 6.01 Å². The number of hydrogen-bond donors (Lipinski definition) is 2. The molecule has 192 valence electrons. The summed E-state index contributed by atoms with van der Waals surface area (Å²) in [7, 11) is 5.39. The predicted octanol–water partition coefficient (Wildman–Crippen LogP) is 3.09. The first-order valence-electron chi connectivity index (χ1n) is 11.6. The van der Waals surface area contributed by atoms with Gasteiger partial charge in [0, 0.05) is 19.8 Å². The summed E-state index contributed by atoms with van der Waals surface area (Å²) in [5.41, 5.74) is 3.47. The van der Waals surface area contributed by atoms with E-state index < -0.39 is 11.9 Å². The van der Waals surface area contributed by atoms with Crippen LogP contribution in [0.5, 0.6) is 6.01 Å². The number of halogens is 1. The average molecular weight is 523 g/mol. The summed E-state index contributed by atoms with van der Waals surface area (Å²) in [6, 6.07) is 11.9. The van der Waals surface area contributed by atoms with E-state index >= 15 is 0 Å². The third-order valence-electron chi connectivity index (χ3n) is 5.93. The lowest BCUT2D eigenvalue weighted by Gasteiger charge is -2.17. The van der Waals surface area contributed by atoms with Crippen molar-refractivity contribution in [1.29, 1.82) is 0 Å². The fraction of sp³-hybridized carbons (Fsp3) is 0.269. The number of amides is 2. The fourth-order valence-corrected chi connectivity index (χ4v) is 4.27. The second-order valence-corrected chi connectivity index (χ2v) is 9.11. The van der Waals surface area contributed by atoms with E-state index in [-0.39, 0.29) is 29.3 Å². The number of nitrogens with zero attached hydrogens (tertiary/aromatic N) is 4. The largest absolute Gasteiger partial charge is 0.467 e. The molecule has 1 aliphatic rings. The maximum atomic E-state index is 14.6. The van der Waals surface area contributed by atoms with E-state index in [1.807, 2.05) is 43.3 Å². The molecule has 1 aromatic heterocycles. The summed E-state index contributed by atoms with van der Waals surface area (Å²) in [6.45, 7) is 0. The normalized spacial score (nSPS) is 14.9. The molecule has 2 heterocycles. The van der Waals surface area contributed by atoms with Crippen LogP contribution in [0.25, 0.3) is 0 Å². The van der Waals surface area contributed by atoms with Crippen LogP contribution >= 0.6 is 12.2 Å². The lowest BCUT2D eigenvalue weighted by molar-refractivity contribution is -0.122. The van der Waals surface area contributed by atoms with Crippen molar-refractivity contribution in [3.05, 3.63) is 71.8 Å². The van der Waals surface area contributed by atoms with Crippen molar-refractivity contribution in [2.75, 3.05) is 36.3 Å². The van der Waals surface area contributed by atoms with Gasteiger partial charge < -0.3 is 20.3 Å². The van der Waals surface area contributed by atoms with Gasteiger partial charge in [0.25, 0.3) is 5.91 Å². The lowest BCUT2D eigenvalue weighted by atomic mass is 10.0. The second kappa shape index (κ2) is 11.3. The van der Waals surface area contributed by atoms with Gasteiger partial charge in [0.05, 0.1) is 37.3 Å². The summed E-state index contributed by atoms with van der Waals surface area (Å²) in [4.78, 5) is 36.8. The first-order valence-corrected chi connectivity index (χ1v) is 12.0. The van der Waals surface area contributed by atoms with Crippen molar-refractivity contribution < 1.29 is 18.7 Å². The van der Waals surface area contributed by atoms with E-state index in [2.05, 4.69) is 20.6 Å². The highest BCUT2D eigenvalue weighted by Crippen LogP contribution is 2.25. The Balaban J connectivity index is 1.40. The van der Waals surface area contributed by atoms with Gasteiger partial charge in [-0.1, -0.05) is 12.1 Å². The number of thiocarbonyl (C=S) groups is 1. The van der Waals surface area contributed by atoms with Crippen molar-refractivity contribution in [3.63, 3.8) is 0 Å². The van der Waals surface area contributed by atoms with Gasteiger partial charge in [-0.25, -0.2) is 14.4 Å². The Morgan fingerprint density at radius 3 is 2.51 bits per heavy atom. The number of rotatable bonds is 9. The summed E-state index contributed by atoms with van der Waals surface area (Å²) in [5, 5.41) is 5.69. The molecule has 0 bridgehead atoms. The zero-order chi connectivity index (χ0) is 26.5. The molecule has 0 radical (unpaired) electrons. The molecule has 0 saturated carbocycles. The van der Waals surface area contributed by atoms with E-state index in [1.54, 1.807) is 6.07 Å². The molecule has 2 aromatic carbocycles. The number of nitrogens with one attached hydrogen (secondary N) is 2. The topological polar surface area (TPSA) is 99.7 Å². The van der Waals surface area contributed by atoms with Crippen LogP contribution in [-0.2, 0) is 22.4 Å². The van der Waals surface area contributed by atoms with Gasteiger partial charge in [0.2, 0.25) is 5.91 Å². The maximum absolute atomic E-state index is 14.6. The van der Waals surface area contributed by atoms with Crippen molar-refractivity contribution in [3.8, 4) is 6.01 Å².